The Hall–Kier alpha value is -2.24. The van der Waals surface area contributed by atoms with Gasteiger partial charge in [-0.25, -0.2) is 4.79 Å². The molecule has 1 aromatic rings. The van der Waals surface area contributed by atoms with Crippen LogP contribution in [-0.4, -0.2) is 36.1 Å². The summed E-state index contributed by atoms with van der Waals surface area (Å²) < 4.78 is 18.5. The lowest BCUT2D eigenvalue weighted by Gasteiger charge is -2.24. The van der Waals surface area contributed by atoms with Gasteiger partial charge in [-0.15, -0.1) is 0 Å². The normalized spacial score (nSPS) is 17.3. The third-order valence-corrected chi connectivity index (χ3v) is 6.65. The molecule has 1 aliphatic rings. The summed E-state index contributed by atoms with van der Waals surface area (Å²) in [5, 5.41) is 0.421. The van der Waals surface area contributed by atoms with E-state index < -0.39 is 31.1 Å². The molecule has 1 aliphatic heterocycles. The lowest BCUT2D eigenvalue weighted by Crippen LogP contribution is -2.36. The van der Waals surface area contributed by atoms with E-state index in [9.17, 15) is 18.9 Å². The van der Waals surface area contributed by atoms with Gasteiger partial charge in [0.05, 0.1) is 5.92 Å². The van der Waals surface area contributed by atoms with Crippen LogP contribution >= 0.6 is 7.37 Å². The van der Waals surface area contributed by atoms with Crippen LogP contribution in [0.1, 0.15) is 25.8 Å². The summed E-state index contributed by atoms with van der Waals surface area (Å²) in [7, 11) is -1.81. The molecule has 0 aromatic heterocycles. The minimum Gasteiger partial charge on any atom is -0.332 e. The summed E-state index contributed by atoms with van der Waals surface area (Å²) in [6, 6.07) is 9.22. The topological polar surface area (TPSA) is 90.0 Å². The largest absolute Gasteiger partial charge is 0.336 e. The van der Waals surface area contributed by atoms with E-state index in [2.05, 4.69) is 0 Å². The Kier molecular flexibility index (Phi) is 7.11. The fraction of sp³-hybridized carbons (Fsp3) is 0.421. The first kappa shape index (κ1) is 21.1. The number of carbonyl (C=O) groups excluding carboxylic acids is 3. The summed E-state index contributed by atoms with van der Waals surface area (Å²) in [5.41, 5.74) is 0.841. The van der Waals surface area contributed by atoms with Crippen molar-refractivity contribution in [2.45, 2.75) is 26.4 Å². The Bertz CT molecular complexity index is 756. The summed E-state index contributed by atoms with van der Waals surface area (Å²) in [4.78, 5) is 40.8. The molecule has 2 amide bonds. The van der Waals surface area contributed by atoms with E-state index in [0.717, 1.165) is 17.7 Å². The summed E-state index contributed by atoms with van der Waals surface area (Å²) >= 11 is 0. The highest BCUT2D eigenvalue weighted by Gasteiger charge is 2.36. The maximum absolute atomic E-state index is 13.2. The zero-order valence-corrected chi connectivity index (χ0v) is 16.6. The average molecular weight is 393 g/mol. The SMILES string of the molecule is COP(=O)(Cc1ccccc1)CC(CC(C)C)C(=O)ON1C(=O)C=CC1=O. The van der Waals surface area contributed by atoms with Gasteiger partial charge in [-0.1, -0.05) is 49.2 Å². The lowest BCUT2D eigenvalue weighted by atomic mass is 9.99. The molecule has 0 saturated heterocycles. The molecule has 1 heterocycles. The third-order valence-electron chi connectivity index (χ3n) is 4.14. The predicted molar refractivity (Wildman–Crippen MR) is 99.7 cm³/mol. The number of hydrogen-bond acceptors (Lipinski definition) is 6. The van der Waals surface area contributed by atoms with Gasteiger partial charge in [0.25, 0.3) is 11.8 Å². The van der Waals surface area contributed by atoms with E-state index in [1.165, 1.54) is 7.11 Å². The average Bonchev–Trinajstić information content (AvgIpc) is 2.93. The van der Waals surface area contributed by atoms with Crippen LogP contribution in [0.3, 0.4) is 0 Å². The molecule has 27 heavy (non-hydrogen) atoms. The molecule has 2 unspecified atom stereocenters. The maximum atomic E-state index is 13.2. The molecular weight excluding hydrogens is 369 g/mol. The first-order valence-corrected chi connectivity index (χ1v) is 10.7. The second-order valence-electron chi connectivity index (χ2n) is 6.86. The van der Waals surface area contributed by atoms with Crippen LogP contribution in [0.5, 0.6) is 0 Å². The van der Waals surface area contributed by atoms with Gasteiger partial charge >= 0.3 is 5.97 Å². The van der Waals surface area contributed by atoms with Gasteiger partial charge in [-0.3, -0.25) is 14.2 Å². The predicted octanol–water partition coefficient (Wildman–Crippen LogP) is 3.16. The molecule has 0 saturated carbocycles. The molecule has 1 aromatic carbocycles. The number of amides is 2. The zero-order chi connectivity index (χ0) is 20.0. The van der Waals surface area contributed by atoms with Crippen molar-refractivity contribution in [2.24, 2.45) is 11.8 Å². The van der Waals surface area contributed by atoms with Gasteiger partial charge in [0, 0.05) is 31.6 Å². The van der Waals surface area contributed by atoms with E-state index in [0.29, 0.717) is 11.5 Å². The van der Waals surface area contributed by atoms with Crippen LogP contribution in [0.4, 0.5) is 0 Å². The van der Waals surface area contributed by atoms with E-state index in [-0.39, 0.29) is 18.2 Å². The number of rotatable bonds is 9. The van der Waals surface area contributed by atoms with Crippen LogP contribution in [0.25, 0.3) is 0 Å². The molecule has 0 fully saturated rings. The van der Waals surface area contributed by atoms with Crippen LogP contribution in [0, 0.1) is 11.8 Å². The van der Waals surface area contributed by atoms with Gasteiger partial charge in [-0.2, -0.15) is 0 Å². The number of carbonyl (C=O) groups is 3. The monoisotopic (exact) mass is 393 g/mol. The molecule has 146 valence electrons. The van der Waals surface area contributed by atoms with Crippen molar-refractivity contribution in [3.63, 3.8) is 0 Å². The lowest BCUT2D eigenvalue weighted by molar-refractivity contribution is -0.199. The van der Waals surface area contributed by atoms with E-state index in [4.69, 9.17) is 9.36 Å². The van der Waals surface area contributed by atoms with Crippen molar-refractivity contribution in [2.75, 3.05) is 13.3 Å². The molecule has 0 aliphatic carbocycles. The number of hydrogen-bond donors (Lipinski definition) is 0. The maximum Gasteiger partial charge on any atom is 0.336 e. The minimum absolute atomic E-state index is 0.0287. The quantitative estimate of drug-likeness (QED) is 0.473. The van der Waals surface area contributed by atoms with Crippen molar-refractivity contribution in [3.05, 3.63) is 48.0 Å². The Morgan fingerprint density at radius 2 is 1.70 bits per heavy atom. The van der Waals surface area contributed by atoms with Crippen LogP contribution < -0.4 is 0 Å². The second-order valence-corrected chi connectivity index (χ2v) is 9.54. The standard InChI is InChI=1S/C19H24NO6P/c1-14(2)11-16(19(23)26-20-17(21)9-10-18(20)22)13-27(24,25-3)12-15-7-5-4-6-8-15/h4-10,14,16H,11-13H2,1-3H3. The fourth-order valence-corrected chi connectivity index (χ4v) is 5.00. The summed E-state index contributed by atoms with van der Waals surface area (Å²) in [5.74, 6) is -2.83. The second kappa shape index (κ2) is 9.11. The Morgan fingerprint density at radius 3 is 2.22 bits per heavy atom. The molecule has 2 rings (SSSR count). The highest BCUT2D eigenvalue weighted by atomic mass is 31.2. The molecule has 2 atom stereocenters. The summed E-state index contributed by atoms with van der Waals surface area (Å²) in [6.07, 6.45) is 2.62. The molecular formula is C19H24NO6P. The Morgan fingerprint density at radius 1 is 1.11 bits per heavy atom. The fourth-order valence-electron chi connectivity index (χ4n) is 2.86. The third kappa shape index (κ3) is 5.88. The van der Waals surface area contributed by atoms with Crippen LogP contribution in [0.2, 0.25) is 0 Å². The van der Waals surface area contributed by atoms with E-state index in [1.807, 2.05) is 44.2 Å². The highest BCUT2D eigenvalue weighted by molar-refractivity contribution is 7.58. The first-order valence-electron chi connectivity index (χ1n) is 8.70. The van der Waals surface area contributed by atoms with Crippen molar-refractivity contribution >= 4 is 25.2 Å². The van der Waals surface area contributed by atoms with Gasteiger partial charge in [0.2, 0.25) is 7.37 Å². The van der Waals surface area contributed by atoms with Crippen LogP contribution in [-0.2, 0) is 34.5 Å². The van der Waals surface area contributed by atoms with Gasteiger partial charge in [-0.05, 0) is 17.9 Å². The van der Waals surface area contributed by atoms with Gasteiger partial charge < -0.3 is 9.36 Å². The smallest absolute Gasteiger partial charge is 0.332 e. The Labute approximate surface area is 158 Å². The van der Waals surface area contributed by atoms with E-state index >= 15 is 0 Å². The van der Waals surface area contributed by atoms with E-state index in [1.54, 1.807) is 0 Å². The van der Waals surface area contributed by atoms with Gasteiger partial charge in [0.15, 0.2) is 0 Å². The molecule has 0 bridgehead atoms. The van der Waals surface area contributed by atoms with Crippen LogP contribution in [0.15, 0.2) is 42.5 Å². The van der Waals surface area contributed by atoms with Gasteiger partial charge in [0.1, 0.15) is 0 Å². The molecule has 0 N–H and O–H groups in total. The number of nitrogens with zero attached hydrogens (tertiary/aromatic N) is 1. The van der Waals surface area contributed by atoms with Crippen molar-refractivity contribution in [1.82, 2.24) is 5.06 Å². The molecule has 0 spiro atoms. The number of imide groups is 1. The van der Waals surface area contributed by atoms with Crippen molar-refractivity contribution in [1.29, 1.82) is 0 Å². The summed E-state index contributed by atoms with van der Waals surface area (Å²) in [6.45, 7) is 3.84. The van der Waals surface area contributed by atoms with Crippen molar-refractivity contribution in [3.8, 4) is 0 Å². The molecule has 0 radical (unpaired) electrons. The minimum atomic E-state index is -3.17. The highest BCUT2D eigenvalue weighted by Crippen LogP contribution is 2.51. The van der Waals surface area contributed by atoms with Crippen molar-refractivity contribution < 1.29 is 28.3 Å². The zero-order valence-electron chi connectivity index (χ0n) is 15.7. The molecule has 8 heteroatoms. The Balaban J connectivity index is 2.14. The number of hydroxylamine groups is 2. The number of benzene rings is 1. The first-order chi connectivity index (χ1) is 12.7. The molecule has 7 nitrogen and oxygen atoms in total.